The summed E-state index contributed by atoms with van der Waals surface area (Å²) in [6, 6.07) is 6.48. The minimum atomic E-state index is -4.55. The maximum atomic E-state index is 13.1. The highest BCUT2D eigenvalue weighted by Crippen LogP contribution is 2.37. The van der Waals surface area contributed by atoms with Crippen molar-refractivity contribution in [3.05, 3.63) is 47.1 Å². The fourth-order valence-corrected chi connectivity index (χ4v) is 2.03. The van der Waals surface area contributed by atoms with Gasteiger partial charge in [0.15, 0.2) is 0 Å². The molecule has 2 aromatic rings. The van der Waals surface area contributed by atoms with E-state index >= 15 is 0 Å². The second-order valence-corrected chi connectivity index (χ2v) is 6.89. The number of carbonyl (C=O) groups is 1. The smallest absolute Gasteiger partial charge is 0.340 e. The Kier molecular flexibility index (Phi) is 5.27. The SMILES string of the molecule is CC(C)(C)C(=O)Nc1ccc(Nc2ccc(Cl)cc2C(F)(F)F)nc1. The molecule has 2 rings (SSSR count). The van der Waals surface area contributed by atoms with Crippen LogP contribution in [0.3, 0.4) is 0 Å². The van der Waals surface area contributed by atoms with Crippen molar-refractivity contribution in [2.75, 3.05) is 10.6 Å². The summed E-state index contributed by atoms with van der Waals surface area (Å²) in [6.07, 6.45) is -3.18. The summed E-state index contributed by atoms with van der Waals surface area (Å²) in [5.74, 6) is 0.0219. The number of halogens is 4. The zero-order chi connectivity index (χ0) is 18.8. The topological polar surface area (TPSA) is 54.0 Å². The Bertz CT molecular complexity index is 768. The Morgan fingerprint density at radius 1 is 1.12 bits per heavy atom. The van der Waals surface area contributed by atoms with Crippen LogP contribution in [0.15, 0.2) is 36.5 Å². The summed E-state index contributed by atoms with van der Waals surface area (Å²) < 4.78 is 39.3. The number of aromatic nitrogens is 1. The summed E-state index contributed by atoms with van der Waals surface area (Å²) in [5.41, 5.74) is -1.15. The second-order valence-electron chi connectivity index (χ2n) is 6.45. The van der Waals surface area contributed by atoms with E-state index in [0.717, 1.165) is 6.07 Å². The van der Waals surface area contributed by atoms with Crippen molar-refractivity contribution in [2.45, 2.75) is 26.9 Å². The molecule has 0 atom stereocenters. The van der Waals surface area contributed by atoms with Crippen LogP contribution in [0.2, 0.25) is 5.02 Å². The molecule has 0 unspecified atom stereocenters. The number of nitrogens with one attached hydrogen (secondary N) is 2. The quantitative estimate of drug-likeness (QED) is 0.750. The van der Waals surface area contributed by atoms with Crippen LogP contribution in [0.25, 0.3) is 0 Å². The predicted octanol–water partition coefficient (Wildman–Crippen LogP) is 5.48. The van der Waals surface area contributed by atoms with Crippen LogP contribution in [0.1, 0.15) is 26.3 Å². The van der Waals surface area contributed by atoms with Crippen LogP contribution in [0.5, 0.6) is 0 Å². The molecule has 4 nitrogen and oxygen atoms in total. The van der Waals surface area contributed by atoms with Gasteiger partial charge in [-0.3, -0.25) is 4.79 Å². The third-order valence-electron chi connectivity index (χ3n) is 3.25. The highest BCUT2D eigenvalue weighted by Gasteiger charge is 2.34. The number of nitrogens with zero attached hydrogens (tertiary/aromatic N) is 1. The largest absolute Gasteiger partial charge is 0.418 e. The second kappa shape index (κ2) is 6.92. The highest BCUT2D eigenvalue weighted by molar-refractivity contribution is 6.30. The molecule has 1 heterocycles. The number of rotatable bonds is 3. The summed E-state index contributed by atoms with van der Waals surface area (Å²) in [5, 5.41) is 5.30. The lowest BCUT2D eigenvalue weighted by Gasteiger charge is -2.18. The first-order valence-corrected chi connectivity index (χ1v) is 7.76. The molecule has 0 aliphatic carbocycles. The van der Waals surface area contributed by atoms with Gasteiger partial charge in [0.25, 0.3) is 0 Å². The molecule has 0 saturated heterocycles. The number of hydrogen-bond acceptors (Lipinski definition) is 3. The van der Waals surface area contributed by atoms with E-state index in [-0.39, 0.29) is 22.4 Å². The van der Waals surface area contributed by atoms with E-state index in [1.54, 1.807) is 26.8 Å². The molecule has 1 aromatic carbocycles. The van der Waals surface area contributed by atoms with Crippen molar-refractivity contribution in [3.8, 4) is 0 Å². The summed E-state index contributed by atoms with van der Waals surface area (Å²) in [7, 11) is 0. The van der Waals surface area contributed by atoms with Gasteiger partial charge in [0.1, 0.15) is 5.82 Å². The van der Waals surface area contributed by atoms with Gasteiger partial charge in [0.2, 0.25) is 5.91 Å². The van der Waals surface area contributed by atoms with Gasteiger partial charge in [-0.15, -0.1) is 0 Å². The molecule has 2 N–H and O–H groups in total. The summed E-state index contributed by atoms with van der Waals surface area (Å²) in [4.78, 5) is 15.9. The van der Waals surface area contributed by atoms with Gasteiger partial charge in [0.05, 0.1) is 23.1 Å². The molecule has 0 radical (unpaired) electrons. The molecule has 1 amide bonds. The molecular weight excluding hydrogens is 355 g/mol. The zero-order valence-corrected chi connectivity index (χ0v) is 14.6. The molecule has 8 heteroatoms. The van der Waals surface area contributed by atoms with E-state index in [0.29, 0.717) is 5.69 Å². The minimum absolute atomic E-state index is 0.00826. The van der Waals surface area contributed by atoms with Crippen molar-refractivity contribution < 1.29 is 18.0 Å². The van der Waals surface area contributed by atoms with E-state index in [2.05, 4.69) is 15.6 Å². The predicted molar refractivity (Wildman–Crippen MR) is 92.1 cm³/mol. The van der Waals surface area contributed by atoms with E-state index in [1.807, 2.05) is 0 Å². The van der Waals surface area contributed by atoms with Gasteiger partial charge in [-0.1, -0.05) is 32.4 Å². The fraction of sp³-hybridized carbons (Fsp3) is 0.294. The van der Waals surface area contributed by atoms with Crippen LogP contribution in [-0.2, 0) is 11.0 Å². The first-order valence-electron chi connectivity index (χ1n) is 7.38. The molecule has 0 aliphatic rings. The fourth-order valence-electron chi connectivity index (χ4n) is 1.86. The molecule has 0 spiro atoms. The standard InChI is InChI=1S/C17H17ClF3N3O/c1-16(2,3)15(25)23-11-5-7-14(22-9-11)24-13-6-4-10(18)8-12(13)17(19,20)21/h4-9H,1-3H3,(H,22,24)(H,23,25). The number of pyridine rings is 1. The number of anilines is 3. The lowest BCUT2D eigenvalue weighted by molar-refractivity contribution is -0.137. The van der Waals surface area contributed by atoms with Crippen molar-refractivity contribution in [1.29, 1.82) is 0 Å². The Morgan fingerprint density at radius 2 is 1.80 bits per heavy atom. The molecule has 0 aliphatic heterocycles. The van der Waals surface area contributed by atoms with Gasteiger partial charge in [-0.2, -0.15) is 13.2 Å². The Morgan fingerprint density at radius 3 is 2.32 bits per heavy atom. The van der Waals surface area contributed by atoms with Gasteiger partial charge >= 0.3 is 6.18 Å². The van der Waals surface area contributed by atoms with Crippen LogP contribution >= 0.6 is 11.6 Å². The Balaban J connectivity index is 2.19. The third kappa shape index (κ3) is 5.09. The van der Waals surface area contributed by atoms with E-state index in [4.69, 9.17) is 11.6 Å². The van der Waals surface area contributed by atoms with Crippen LogP contribution in [-0.4, -0.2) is 10.9 Å². The normalized spacial score (nSPS) is 12.0. The first-order chi connectivity index (χ1) is 11.5. The average Bonchev–Trinajstić information content (AvgIpc) is 2.49. The Hall–Kier alpha value is -2.28. The van der Waals surface area contributed by atoms with Crippen molar-refractivity contribution in [1.82, 2.24) is 4.98 Å². The molecule has 0 saturated carbocycles. The molecule has 25 heavy (non-hydrogen) atoms. The maximum Gasteiger partial charge on any atom is 0.418 e. The first kappa shape index (κ1) is 19.1. The molecule has 0 bridgehead atoms. The van der Waals surface area contributed by atoms with Gasteiger partial charge < -0.3 is 10.6 Å². The minimum Gasteiger partial charge on any atom is -0.340 e. The van der Waals surface area contributed by atoms with Crippen LogP contribution in [0, 0.1) is 5.41 Å². The van der Waals surface area contributed by atoms with E-state index in [9.17, 15) is 18.0 Å². The molecule has 134 valence electrons. The monoisotopic (exact) mass is 371 g/mol. The number of amides is 1. The number of hydrogen-bond donors (Lipinski definition) is 2. The average molecular weight is 372 g/mol. The maximum absolute atomic E-state index is 13.1. The van der Waals surface area contributed by atoms with Crippen LogP contribution < -0.4 is 10.6 Å². The van der Waals surface area contributed by atoms with E-state index in [1.165, 1.54) is 24.4 Å². The van der Waals surface area contributed by atoms with Gasteiger partial charge in [-0.05, 0) is 30.3 Å². The van der Waals surface area contributed by atoms with Crippen molar-refractivity contribution in [3.63, 3.8) is 0 Å². The number of alkyl halides is 3. The van der Waals surface area contributed by atoms with Gasteiger partial charge in [0, 0.05) is 10.4 Å². The summed E-state index contributed by atoms with van der Waals surface area (Å²) in [6.45, 7) is 5.31. The van der Waals surface area contributed by atoms with Gasteiger partial charge in [-0.25, -0.2) is 4.98 Å². The number of carbonyl (C=O) groups excluding carboxylic acids is 1. The number of benzene rings is 1. The zero-order valence-electron chi connectivity index (χ0n) is 13.8. The highest BCUT2D eigenvalue weighted by atomic mass is 35.5. The van der Waals surface area contributed by atoms with Crippen molar-refractivity contribution >= 4 is 34.7 Å². The third-order valence-corrected chi connectivity index (χ3v) is 3.49. The Labute approximate surface area is 148 Å². The van der Waals surface area contributed by atoms with Crippen molar-refractivity contribution in [2.24, 2.45) is 5.41 Å². The van der Waals surface area contributed by atoms with Crippen LogP contribution in [0.4, 0.5) is 30.4 Å². The molecule has 0 fully saturated rings. The lowest BCUT2D eigenvalue weighted by Crippen LogP contribution is -2.27. The lowest BCUT2D eigenvalue weighted by atomic mass is 9.96. The summed E-state index contributed by atoms with van der Waals surface area (Å²) >= 11 is 5.65. The molecule has 1 aromatic heterocycles. The van der Waals surface area contributed by atoms with E-state index < -0.39 is 17.2 Å². The molecular formula is C17H17ClF3N3O.